The Labute approximate surface area is 507 Å². The lowest BCUT2D eigenvalue weighted by Gasteiger charge is -2.56. The number of hydrogen-bond donors (Lipinski definition) is 1. The Morgan fingerprint density at radius 3 is 2.33 bits per heavy atom. The minimum atomic E-state index is -0.877. The Kier molecular flexibility index (Phi) is 14.5. The third kappa shape index (κ3) is 10.1. The lowest BCUT2D eigenvalue weighted by Crippen LogP contribution is -2.57. The predicted molar refractivity (Wildman–Crippen MR) is 322 cm³/mol. The van der Waals surface area contributed by atoms with E-state index in [1.165, 1.54) is 21.3 Å². The van der Waals surface area contributed by atoms with Crippen LogP contribution in [-0.2, 0) is 26.1 Å². The number of anilines is 1. The Hall–Kier alpha value is -7.77. The molecule has 0 radical (unpaired) electrons. The number of amides is 4. The maximum Gasteiger partial charge on any atom is 0.410 e. The quantitative estimate of drug-likeness (QED) is 0.101. The van der Waals surface area contributed by atoms with Crippen LogP contribution in [0.5, 0.6) is 6.01 Å². The number of fused-ring (bicyclic) bond motifs is 6. The Morgan fingerprint density at radius 2 is 1.60 bits per heavy atom. The number of ether oxygens (including phenoxy) is 3. The first-order chi connectivity index (χ1) is 42.3. The number of aryl methyl sites for hydroxylation is 1. The molecule has 7 saturated heterocycles. The molecule has 88 heavy (non-hydrogen) atoms. The van der Waals surface area contributed by atoms with Gasteiger partial charge >= 0.3 is 23.9 Å². The minimum Gasteiger partial charge on any atom is -0.461 e. The molecule has 3 unspecified atom stereocenters. The first-order valence-corrected chi connectivity index (χ1v) is 31.4. The number of halogens is 3. The van der Waals surface area contributed by atoms with Gasteiger partial charge in [0.1, 0.15) is 53.5 Å². The lowest BCUT2D eigenvalue weighted by molar-refractivity contribution is -0.135. The van der Waals surface area contributed by atoms with Crippen molar-refractivity contribution in [1.29, 1.82) is 0 Å². The molecule has 8 aliphatic rings. The van der Waals surface area contributed by atoms with Crippen LogP contribution in [0.4, 0.5) is 28.6 Å². The van der Waals surface area contributed by atoms with Crippen LogP contribution in [0.25, 0.3) is 44.0 Å². The normalized spacial score (nSPS) is 25.2. The fourth-order valence-corrected chi connectivity index (χ4v) is 16.4. The molecule has 4 amide bonds. The topological polar surface area (TPSA) is 190 Å². The number of piperidine rings is 3. The highest BCUT2D eigenvalue weighted by molar-refractivity contribution is 6.02. The van der Waals surface area contributed by atoms with Gasteiger partial charge in [-0.05, 0) is 158 Å². The number of benzene rings is 3. The molecule has 19 nitrogen and oxygen atoms in total. The van der Waals surface area contributed by atoms with Gasteiger partial charge in [0.05, 0.1) is 39.6 Å². The Morgan fingerprint density at radius 1 is 0.841 bits per heavy atom. The Balaban J connectivity index is 0.607. The molecule has 6 aromatic rings. The number of hydrogen-bond acceptors (Lipinski definition) is 14. The highest BCUT2D eigenvalue weighted by Crippen LogP contribution is 2.52. The molecule has 3 aromatic carbocycles. The van der Waals surface area contributed by atoms with Crippen LogP contribution in [0.15, 0.2) is 53.5 Å². The van der Waals surface area contributed by atoms with Crippen molar-refractivity contribution in [1.82, 2.24) is 49.0 Å². The summed E-state index contributed by atoms with van der Waals surface area (Å²) in [5.41, 5.74) is 0.485. The molecule has 1 aliphatic carbocycles. The largest absolute Gasteiger partial charge is 0.461 e. The van der Waals surface area contributed by atoms with E-state index in [0.717, 1.165) is 96.7 Å². The van der Waals surface area contributed by atoms with E-state index in [9.17, 15) is 24.0 Å². The van der Waals surface area contributed by atoms with E-state index in [1.54, 1.807) is 43.6 Å². The van der Waals surface area contributed by atoms with Crippen LogP contribution in [0.2, 0.25) is 0 Å². The molecule has 7 aliphatic heterocycles. The molecule has 1 spiro atoms. The monoisotopic (exact) mass is 1210 g/mol. The first kappa shape index (κ1) is 57.9. The van der Waals surface area contributed by atoms with Gasteiger partial charge in [-0.15, -0.1) is 6.42 Å². The number of nitrogens with one attached hydrogen (secondary N) is 1. The van der Waals surface area contributed by atoms with Gasteiger partial charge < -0.3 is 28.9 Å². The van der Waals surface area contributed by atoms with Gasteiger partial charge in [-0.25, -0.2) is 27.6 Å². The molecular weight excluding hydrogens is 1130 g/mol. The molecule has 8 fully saturated rings. The van der Waals surface area contributed by atoms with Gasteiger partial charge in [0.15, 0.2) is 5.82 Å². The van der Waals surface area contributed by atoms with E-state index >= 15 is 13.2 Å². The zero-order valence-electron chi connectivity index (χ0n) is 50.3. The fraction of sp³-hybridized carbons (Fsp3) is 0.545. The number of terminal acetylenes is 1. The van der Waals surface area contributed by atoms with E-state index in [0.29, 0.717) is 76.4 Å². The Bertz CT molecular complexity index is 3930. The number of pyridine rings is 1. The minimum absolute atomic E-state index is 0.00445. The molecule has 22 heteroatoms. The summed E-state index contributed by atoms with van der Waals surface area (Å²) in [6.07, 6.45) is 17.5. The third-order valence-corrected chi connectivity index (χ3v) is 21.0. The average molecular weight is 1210 g/mol. The number of carbonyl (C=O) groups is 4. The molecule has 1 N–H and O–H groups in total. The second-order valence-corrected chi connectivity index (χ2v) is 27.1. The fourth-order valence-electron chi connectivity index (χ4n) is 16.4. The van der Waals surface area contributed by atoms with E-state index in [-0.39, 0.29) is 102 Å². The molecule has 14 rings (SSSR count). The van der Waals surface area contributed by atoms with Gasteiger partial charge in [-0.3, -0.25) is 38.8 Å². The second kappa shape index (κ2) is 22.1. The van der Waals surface area contributed by atoms with E-state index in [2.05, 4.69) is 30.9 Å². The number of piperazine rings is 1. The van der Waals surface area contributed by atoms with Crippen molar-refractivity contribution in [2.45, 2.75) is 158 Å². The summed E-state index contributed by atoms with van der Waals surface area (Å²) in [6, 6.07) is 10.5. The molecule has 2 bridgehead atoms. The summed E-state index contributed by atoms with van der Waals surface area (Å²) >= 11 is 0. The molecule has 3 aromatic heterocycles. The van der Waals surface area contributed by atoms with Gasteiger partial charge in [-0.1, -0.05) is 30.2 Å². The van der Waals surface area contributed by atoms with Gasteiger partial charge in [-0.2, -0.15) is 9.97 Å². The zero-order valence-corrected chi connectivity index (χ0v) is 50.3. The molecule has 5 atom stereocenters. The number of nitrogens with zero attached hydrogens (tertiary/aromatic N) is 10. The third-order valence-electron chi connectivity index (χ3n) is 21.0. The predicted octanol–water partition coefficient (Wildman–Crippen LogP) is 9.10. The average Bonchev–Trinajstić information content (AvgIpc) is 1.33. The summed E-state index contributed by atoms with van der Waals surface area (Å²) < 4.78 is 70.1. The van der Waals surface area contributed by atoms with E-state index in [1.807, 2.05) is 30.6 Å². The standard InChI is InChI=1S/C66H74F3N11O8/c1-6-44-48(67)14-11-39-9-7-10-45(54(39)44)56-55(69)57-47(33-70-56)58(77-34-40-12-13-41(35-77)79(40)63(85)88-64(2,3)4)73-60(72-57)87-37-66-20-8-24-78(66)42(17-21-66)36-86-62(84)76-27-22-65(23-28-76)31-43(32-65)75-25-18-38(19-26-75)46-29-51-52(30-49(46)68)80(61(83)74(51)5)50-15-16-53(81)71-59(50)82/h1,7,9-11,14,29-30,33,38,40-43,50H,8,12-13,15-28,31-32,34-37H2,2-5H3,(H,71,81,82)/t40?,41?,42-,50?,66-/m0/s1. The zero-order chi connectivity index (χ0) is 61.1. The lowest BCUT2D eigenvalue weighted by atomic mass is 9.59. The number of imide groups is 1. The van der Waals surface area contributed by atoms with Crippen LogP contribution >= 0.6 is 0 Å². The van der Waals surface area contributed by atoms with Crippen molar-refractivity contribution in [3.8, 4) is 29.6 Å². The van der Waals surface area contributed by atoms with Crippen LogP contribution in [0, 0.1) is 35.2 Å². The summed E-state index contributed by atoms with van der Waals surface area (Å²) in [4.78, 5) is 90.4. The summed E-state index contributed by atoms with van der Waals surface area (Å²) in [7, 11) is 1.63. The highest BCUT2D eigenvalue weighted by atomic mass is 19.1. The number of imidazole rings is 1. The second-order valence-electron chi connectivity index (χ2n) is 27.1. The van der Waals surface area contributed by atoms with Crippen molar-refractivity contribution >= 4 is 62.5 Å². The number of rotatable bonds is 10. The van der Waals surface area contributed by atoms with E-state index < -0.39 is 40.7 Å². The maximum atomic E-state index is 17.5. The van der Waals surface area contributed by atoms with Crippen molar-refractivity contribution in [3.63, 3.8) is 0 Å². The molecule has 462 valence electrons. The van der Waals surface area contributed by atoms with E-state index in [4.69, 9.17) is 30.6 Å². The summed E-state index contributed by atoms with van der Waals surface area (Å²) in [5.74, 6) is 0.235. The van der Waals surface area contributed by atoms with Crippen LogP contribution in [-0.4, -0.2) is 162 Å². The summed E-state index contributed by atoms with van der Waals surface area (Å²) in [6.45, 7) is 10.6. The van der Waals surface area contributed by atoms with Gasteiger partial charge in [0, 0.05) is 74.9 Å². The number of likely N-dealkylation sites (tertiary alicyclic amines) is 2. The smallest absolute Gasteiger partial charge is 0.410 e. The first-order valence-electron chi connectivity index (χ1n) is 31.4. The molecule has 10 heterocycles. The van der Waals surface area contributed by atoms with Crippen molar-refractivity contribution < 1.29 is 46.6 Å². The highest BCUT2D eigenvalue weighted by Gasteiger charge is 2.52. The molecule has 1 saturated carbocycles. The number of carbonyl (C=O) groups excluding carboxylic acids is 4. The number of aromatic nitrogens is 5. The maximum absolute atomic E-state index is 17.5. The van der Waals surface area contributed by atoms with Crippen molar-refractivity contribution in [2.75, 3.05) is 63.9 Å². The van der Waals surface area contributed by atoms with Crippen LogP contribution < -0.4 is 20.6 Å². The summed E-state index contributed by atoms with van der Waals surface area (Å²) in [5, 5.41) is 3.68. The van der Waals surface area contributed by atoms with Crippen LogP contribution in [0.1, 0.15) is 134 Å². The van der Waals surface area contributed by atoms with Gasteiger partial charge in [0.25, 0.3) is 0 Å². The van der Waals surface area contributed by atoms with Crippen molar-refractivity contribution in [2.24, 2.45) is 12.5 Å². The van der Waals surface area contributed by atoms with Crippen LogP contribution in [0.3, 0.4) is 0 Å². The molecular formula is C66H74F3N11O8. The van der Waals surface area contributed by atoms with Crippen molar-refractivity contribution in [3.05, 3.63) is 87.7 Å². The SMILES string of the molecule is C#Cc1c(F)ccc2cccc(-c3ncc4c(N5CC6CCC(C5)N6C(=O)OC(C)(C)C)nc(OC[C@@]56CCCN5[C@H](COC(=O)N5CCC7(CC5)CC(N5CCC(c8cc9c(cc8F)n(C8CCC(=O)NC8=O)c(=O)n9C)CC5)C7)CC6)nc4c3F)c12. The van der Waals surface area contributed by atoms with Gasteiger partial charge in [0.2, 0.25) is 11.8 Å².